The summed E-state index contributed by atoms with van der Waals surface area (Å²) < 4.78 is 0.846. The molecule has 0 saturated carbocycles. The molecule has 0 aliphatic rings. The number of aryl methyl sites for hydroxylation is 1. The summed E-state index contributed by atoms with van der Waals surface area (Å²) in [4.78, 5) is 13.2. The van der Waals surface area contributed by atoms with Crippen molar-refractivity contribution in [2.24, 2.45) is 0 Å². The van der Waals surface area contributed by atoms with Crippen LogP contribution in [-0.2, 0) is 0 Å². The minimum absolute atomic E-state index is 0.484. The lowest BCUT2D eigenvalue weighted by Crippen LogP contribution is -2.00. The third kappa shape index (κ3) is 2.25. The minimum Gasteiger partial charge on any atom is -0.383 e. The molecule has 0 bridgehead atoms. The van der Waals surface area contributed by atoms with Crippen molar-refractivity contribution in [1.82, 2.24) is 15.0 Å². The number of hydrogen-bond acceptors (Lipinski definition) is 4. The van der Waals surface area contributed by atoms with Crippen molar-refractivity contribution in [2.45, 2.75) is 6.92 Å². The molecule has 0 aliphatic carbocycles. The average molecular weight is 362 g/mol. The Kier molecular flexibility index (Phi) is 3.06. The molecule has 4 nitrogen and oxygen atoms in total. The van der Waals surface area contributed by atoms with Gasteiger partial charge in [0.25, 0.3) is 0 Å². The highest BCUT2D eigenvalue weighted by Crippen LogP contribution is 2.23. The van der Waals surface area contributed by atoms with E-state index in [4.69, 9.17) is 5.73 Å². The van der Waals surface area contributed by atoms with Gasteiger partial charge in [-0.25, -0.2) is 15.0 Å². The number of aromatic nitrogens is 3. The molecule has 0 fully saturated rings. The van der Waals surface area contributed by atoms with Crippen LogP contribution in [0.25, 0.3) is 22.4 Å². The van der Waals surface area contributed by atoms with Gasteiger partial charge in [-0.2, -0.15) is 0 Å². The quantitative estimate of drug-likeness (QED) is 0.676. The Morgan fingerprint density at radius 2 is 1.95 bits per heavy atom. The number of hydrogen-bond donors (Lipinski definition) is 1. The molecule has 0 saturated heterocycles. The number of halogens is 1. The van der Waals surface area contributed by atoms with Gasteiger partial charge in [0.1, 0.15) is 11.5 Å². The van der Waals surface area contributed by atoms with Gasteiger partial charge in [-0.15, -0.1) is 0 Å². The van der Waals surface area contributed by atoms with E-state index in [9.17, 15) is 0 Å². The number of nitrogens with two attached hydrogens (primary N) is 1. The smallest absolute Gasteiger partial charge is 0.180 e. The summed E-state index contributed by atoms with van der Waals surface area (Å²) in [5.74, 6) is 1.05. The molecule has 2 heterocycles. The third-order valence-electron chi connectivity index (χ3n) is 2.92. The predicted octanol–water partition coefficient (Wildman–Crippen LogP) is 3.19. The van der Waals surface area contributed by atoms with E-state index >= 15 is 0 Å². The molecule has 0 spiro atoms. The van der Waals surface area contributed by atoms with Gasteiger partial charge in [0.2, 0.25) is 0 Å². The molecule has 3 aromatic rings. The van der Waals surface area contributed by atoms with Crippen LogP contribution < -0.4 is 5.73 Å². The molecule has 19 heavy (non-hydrogen) atoms. The van der Waals surface area contributed by atoms with E-state index in [1.165, 1.54) is 0 Å². The summed E-state index contributed by atoms with van der Waals surface area (Å²) in [5.41, 5.74) is 8.67. The van der Waals surface area contributed by atoms with Gasteiger partial charge in [0.15, 0.2) is 5.82 Å². The van der Waals surface area contributed by atoms with Crippen molar-refractivity contribution in [3.63, 3.8) is 0 Å². The second-order valence-corrected chi connectivity index (χ2v) is 5.43. The van der Waals surface area contributed by atoms with Crippen molar-refractivity contribution in [1.29, 1.82) is 0 Å². The van der Waals surface area contributed by atoms with Gasteiger partial charge in [0, 0.05) is 11.6 Å². The third-order valence-corrected chi connectivity index (χ3v) is 3.75. The van der Waals surface area contributed by atoms with Gasteiger partial charge >= 0.3 is 0 Å². The molecule has 0 atom stereocenters. The number of nitrogen functional groups attached to an aromatic ring is 1. The van der Waals surface area contributed by atoms with E-state index < -0.39 is 0 Å². The van der Waals surface area contributed by atoms with E-state index in [-0.39, 0.29) is 0 Å². The first-order chi connectivity index (χ1) is 9.15. The Labute approximate surface area is 124 Å². The molecule has 5 heteroatoms. The predicted molar refractivity (Wildman–Crippen MR) is 84.6 cm³/mol. The summed E-state index contributed by atoms with van der Waals surface area (Å²) in [6.45, 7) is 2.06. The number of fused-ring (bicyclic) bond motifs is 1. The number of benzene rings is 1. The maximum Gasteiger partial charge on any atom is 0.180 e. The SMILES string of the molecule is Cc1cc(-c2ncc(I)c(N)n2)nc2ccccc12. The molecule has 0 radical (unpaired) electrons. The van der Waals surface area contributed by atoms with Crippen LogP contribution in [0.4, 0.5) is 5.82 Å². The van der Waals surface area contributed by atoms with Crippen LogP contribution in [0.1, 0.15) is 5.56 Å². The number of rotatable bonds is 1. The van der Waals surface area contributed by atoms with Crippen LogP contribution in [-0.4, -0.2) is 15.0 Å². The van der Waals surface area contributed by atoms with E-state index in [1.807, 2.05) is 24.3 Å². The summed E-state index contributed by atoms with van der Waals surface area (Å²) in [6.07, 6.45) is 1.71. The lowest BCUT2D eigenvalue weighted by molar-refractivity contribution is 1.14. The van der Waals surface area contributed by atoms with Crippen molar-refractivity contribution in [2.75, 3.05) is 5.73 Å². The molecular formula is C14H11IN4. The molecule has 0 amide bonds. The number of nitrogens with zero attached hydrogens (tertiary/aromatic N) is 3. The van der Waals surface area contributed by atoms with Crippen LogP contribution in [0.3, 0.4) is 0 Å². The lowest BCUT2D eigenvalue weighted by atomic mass is 10.1. The van der Waals surface area contributed by atoms with Gasteiger partial charge in [-0.1, -0.05) is 18.2 Å². The van der Waals surface area contributed by atoms with Crippen molar-refractivity contribution >= 4 is 39.3 Å². The highest BCUT2D eigenvalue weighted by molar-refractivity contribution is 14.1. The lowest BCUT2D eigenvalue weighted by Gasteiger charge is -2.06. The zero-order valence-corrected chi connectivity index (χ0v) is 12.4. The minimum atomic E-state index is 0.484. The molecule has 0 aliphatic heterocycles. The summed E-state index contributed by atoms with van der Waals surface area (Å²) in [6, 6.07) is 10.0. The normalized spacial score (nSPS) is 10.8. The molecule has 94 valence electrons. The monoisotopic (exact) mass is 362 g/mol. The fraction of sp³-hybridized carbons (Fsp3) is 0.0714. The first-order valence-electron chi connectivity index (χ1n) is 5.80. The van der Waals surface area contributed by atoms with Gasteiger partial charge < -0.3 is 5.73 Å². The zero-order chi connectivity index (χ0) is 13.4. The molecule has 1 aromatic carbocycles. The number of anilines is 1. The Hall–Kier alpha value is -1.76. The zero-order valence-electron chi connectivity index (χ0n) is 10.3. The average Bonchev–Trinajstić information content (AvgIpc) is 2.42. The Balaban J connectivity index is 2.22. The second-order valence-electron chi connectivity index (χ2n) is 4.27. The van der Waals surface area contributed by atoms with Crippen LogP contribution in [0.2, 0.25) is 0 Å². The molecule has 3 rings (SSSR count). The highest BCUT2D eigenvalue weighted by Gasteiger charge is 2.08. The van der Waals surface area contributed by atoms with Crippen molar-refractivity contribution < 1.29 is 0 Å². The first kappa shape index (κ1) is 12.3. The maximum atomic E-state index is 5.82. The summed E-state index contributed by atoms with van der Waals surface area (Å²) >= 11 is 2.11. The van der Waals surface area contributed by atoms with Crippen molar-refractivity contribution in [3.05, 3.63) is 45.7 Å². The Morgan fingerprint density at radius 1 is 1.16 bits per heavy atom. The second kappa shape index (κ2) is 4.73. The highest BCUT2D eigenvalue weighted by atomic mass is 127. The van der Waals surface area contributed by atoms with E-state index in [2.05, 4.69) is 50.5 Å². The maximum absolute atomic E-state index is 5.82. The van der Waals surface area contributed by atoms with Gasteiger partial charge in [0.05, 0.1) is 9.09 Å². The Bertz CT molecular complexity index is 770. The van der Waals surface area contributed by atoms with Gasteiger partial charge in [-0.05, 0) is 47.2 Å². The van der Waals surface area contributed by atoms with Gasteiger partial charge in [-0.3, -0.25) is 0 Å². The molecular weight excluding hydrogens is 351 g/mol. The number of pyridine rings is 1. The van der Waals surface area contributed by atoms with E-state index in [0.29, 0.717) is 11.6 Å². The topological polar surface area (TPSA) is 64.7 Å². The van der Waals surface area contributed by atoms with Crippen LogP contribution >= 0.6 is 22.6 Å². The molecule has 2 aromatic heterocycles. The van der Waals surface area contributed by atoms with E-state index in [1.54, 1.807) is 6.20 Å². The van der Waals surface area contributed by atoms with Crippen molar-refractivity contribution in [3.8, 4) is 11.5 Å². The largest absolute Gasteiger partial charge is 0.383 e. The number of para-hydroxylation sites is 1. The Morgan fingerprint density at radius 3 is 2.74 bits per heavy atom. The van der Waals surface area contributed by atoms with Crippen LogP contribution in [0.15, 0.2) is 36.5 Å². The van der Waals surface area contributed by atoms with Crippen LogP contribution in [0.5, 0.6) is 0 Å². The fourth-order valence-corrected chi connectivity index (χ4v) is 2.23. The fourth-order valence-electron chi connectivity index (χ4n) is 1.97. The molecule has 0 unspecified atom stereocenters. The first-order valence-corrected chi connectivity index (χ1v) is 6.88. The molecule has 2 N–H and O–H groups in total. The summed E-state index contributed by atoms with van der Waals surface area (Å²) in [7, 11) is 0. The standard InChI is InChI=1S/C14H11IN4/c1-8-6-12(14-17-7-10(15)13(16)19-14)18-11-5-3-2-4-9(8)11/h2-7H,1H3,(H2,16,17,19). The van der Waals surface area contributed by atoms with E-state index in [0.717, 1.165) is 25.7 Å². The van der Waals surface area contributed by atoms with Crippen LogP contribution in [0, 0.1) is 10.5 Å². The summed E-state index contributed by atoms with van der Waals surface area (Å²) in [5, 5.41) is 1.14.